The van der Waals surface area contributed by atoms with Crippen LogP contribution in [0.2, 0.25) is 0 Å². The topological polar surface area (TPSA) is 46.1 Å². The summed E-state index contributed by atoms with van der Waals surface area (Å²) < 4.78 is 10.7. The fraction of sp³-hybridized carbons (Fsp3) is 0.944. The Morgan fingerprint density at radius 3 is 2.75 bits per heavy atom. The first-order valence-corrected chi connectivity index (χ1v) is 9.25. The number of guanidine groups is 1. The Balaban J connectivity index is 0.00000288. The molecule has 1 saturated carbocycles. The van der Waals surface area contributed by atoms with E-state index in [0.717, 1.165) is 44.0 Å². The van der Waals surface area contributed by atoms with Crippen molar-refractivity contribution >= 4 is 29.9 Å². The standard InChI is InChI=1S/C18H35N3O2.HI/c1-15-5-4-6-16(11-15)12-20-18(19-2)21-8-7-17(13-21)14-23-10-9-22-3;/h15-17H,4-14H2,1-3H3,(H,19,20);1H. The average molecular weight is 453 g/mol. The molecule has 2 aliphatic rings. The van der Waals surface area contributed by atoms with Gasteiger partial charge in [-0.05, 0) is 31.1 Å². The van der Waals surface area contributed by atoms with Gasteiger partial charge in [-0.2, -0.15) is 0 Å². The van der Waals surface area contributed by atoms with E-state index in [2.05, 4.69) is 22.1 Å². The summed E-state index contributed by atoms with van der Waals surface area (Å²) >= 11 is 0. The lowest BCUT2D eigenvalue weighted by Gasteiger charge is -2.29. The first-order valence-electron chi connectivity index (χ1n) is 9.25. The van der Waals surface area contributed by atoms with Crippen molar-refractivity contribution in [3.63, 3.8) is 0 Å². The molecule has 0 aromatic heterocycles. The largest absolute Gasteiger partial charge is 0.382 e. The van der Waals surface area contributed by atoms with E-state index in [9.17, 15) is 0 Å². The summed E-state index contributed by atoms with van der Waals surface area (Å²) in [7, 11) is 3.61. The molecule has 0 spiro atoms. The highest BCUT2D eigenvalue weighted by molar-refractivity contribution is 14.0. The maximum Gasteiger partial charge on any atom is 0.193 e. The molecule has 3 unspecified atom stereocenters. The Morgan fingerprint density at radius 2 is 2.04 bits per heavy atom. The molecule has 1 N–H and O–H groups in total. The molecule has 142 valence electrons. The zero-order chi connectivity index (χ0) is 16.5. The lowest BCUT2D eigenvalue weighted by Crippen LogP contribution is -2.42. The van der Waals surface area contributed by atoms with Crippen LogP contribution >= 0.6 is 24.0 Å². The maximum atomic E-state index is 5.67. The number of nitrogens with zero attached hydrogens (tertiary/aromatic N) is 2. The molecule has 5 nitrogen and oxygen atoms in total. The van der Waals surface area contributed by atoms with Gasteiger partial charge in [0, 0.05) is 39.7 Å². The van der Waals surface area contributed by atoms with Gasteiger partial charge in [0.2, 0.25) is 0 Å². The normalized spacial score (nSPS) is 27.9. The van der Waals surface area contributed by atoms with Crippen LogP contribution in [0.3, 0.4) is 0 Å². The Kier molecular flexibility index (Phi) is 11.3. The summed E-state index contributed by atoms with van der Waals surface area (Å²) in [4.78, 5) is 6.87. The minimum atomic E-state index is 0. The molecule has 0 radical (unpaired) electrons. The lowest BCUT2D eigenvalue weighted by atomic mass is 9.82. The molecule has 1 aliphatic heterocycles. The maximum absolute atomic E-state index is 5.67. The van der Waals surface area contributed by atoms with E-state index in [-0.39, 0.29) is 24.0 Å². The first-order chi connectivity index (χ1) is 11.2. The van der Waals surface area contributed by atoms with E-state index in [0.29, 0.717) is 19.1 Å². The molecule has 0 aromatic carbocycles. The van der Waals surface area contributed by atoms with E-state index < -0.39 is 0 Å². The van der Waals surface area contributed by atoms with Crippen molar-refractivity contribution in [2.45, 2.75) is 39.0 Å². The number of likely N-dealkylation sites (tertiary alicyclic amines) is 1. The summed E-state index contributed by atoms with van der Waals surface area (Å²) in [6.07, 6.45) is 6.71. The molecule has 0 bridgehead atoms. The molecular weight excluding hydrogens is 417 g/mol. The van der Waals surface area contributed by atoms with Crippen LogP contribution in [0.15, 0.2) is 4.99 Å². The van der Waals surface area contributed by atoms with Gasteiger partial charge in [0.1, 0.15) is 0 Å². The molecule has 0 amide bonds. The van der Waals surface area contributed by atoms with Gasteiger partial charge in [-0.15, -0.1) is 24.0 Å². The third kappa shape index (κ3) is 7.44. The van der Waals surface area contributed by atoms with Gasteiger partial charge in [-0.3, -0.25) is 4.99 Å². The smallest absolute Gasteiger partial charge is 0.193 e. The second-order valence-corrected chi connectivity index (χ2v) is 7.23. The molecule has 0 aromatic rings. The molecule has 6 heteroatoms. The van der Waals surface area contributed by atoms with E-state index in [1.54, 1.807) is 7.11 Å². The minimum Gasteiger partial charge on any atom is -0.382 e. The van der Waals surface area contributed by atoms with E-state index in [4.69, 9.17) is 9.47 Å². The SMILES string of the molecule is CN=C(NCC1CCCC(C)C1)N1CCC(COCCOC)C1.I. The highest BCUT2D eigenvalue weighted by atomic mass is 127. The summed E-state index contributed by atoms with van der Waals surface area (Å²) in [5.41, 5.74) is 0. The summed E-state index contributed by atoms with van der Waals surface area (Å²) in [6.45, 7) is 7.79. The number of hydrogen-bond donors (Lipinski definition) is 1. The predicted molar refractivity (Wildman–Crippen MR) is 110 cm³/mol. The summed E-state index contributed by atoms with van der Waals surface area (Å²) in [6, 6.07) is 0. The van der Waals surface area contributed by atoms with Gasteiger partial charge in [-0.25, -0.2) is 0 Å². The number of aliphatic imine (C=N–C) groups is 1. The molecule has 24 heavy (non-hydrogen) atoms. The minimum absolute atomic E-state index is 0. The Labute approximate surface area is 165 Å². The van der Waals surface area contributed by atoms with Crippen molar-refractivity contribution in [2.75, 3.05) is 53.6 Å². The van der Waals surface area contributed by atoms with E-state index >= 15 is 0 Å². The lowest BCUT2D eigenvalue weighted by molar-refractivity contribution is 0.0536. The number of rotatable bonds is 7. The monoisotopic (exact) mass is 453 g/mol. The van der Waals surface area contributed by atoms with Crippen LogP contribution in [-0.4, -0.2) is 64.5 Å². The highest BCUT2D eigenvalue weighted by Crippen LogP contribution is 2.28. The third-order valence-electron chi connectivity index (χ3n) is 5.18. The Morgan fingerprint density at radius 1 is 1.21 bits per heavy atom. The van der Waals surface area contributed by atoms with E-state index in [1.807, 2.05) is 7.05 Å². The number of hydrogen-bond acceptors (Lipinski definition) is 3. The van der Waals surface area contributed by atoms with Gasteiger partial charge >= 0.3 is 0 Å². The highest BCUT2D eigenvalue weighted by Gasteiger charge is 2.26. The van der Waals surface area contributed by atoms with Gasteiger partial charge in [-0.1, -0.05) is 19.8 Å². The molecular formula is C18H36IN3O2. The van der Waals surface area contributed by atoms with Crippen LogP contribution in [0.25, 0.3) is 0 Å². The van der Waals surface area contributed by atoms with Crippen LogP contribution in [0.1, 0.15) is 39.0 Å². The van der Waals surface area contributed by atoms with Crippen molar-refractivity contribution in [3.8, 4) is 0 Å². The van der Waals surface area contributed by atoms with Gasteiger partial charge in [0.05, 0.1) is 19.8 Å². The second-order valence-electron chi connectivity index (χ2n) is 7.23. The first kappa shape index (κ1) is 22.0. The van der Waals surface area contributed by atoms with Crippen molar-refractivity contribution in [1.29, 1.82) is 0 Å². The molecule has 1 saturated heterocycles. The van der Waals surface area contributed by atoms with Crippen molar-refractivity contribution in [3.05, 3.63) is 0 Å². The average Bonchev–Trinajstić information content (AvgIpc) is 3.01. The zero-order valence-corrected chi connectivity index (χ0v) is 18.0. The fourth-order valence-corrected chi connectivity index (χ4v) is 3.87. The van der Waals surface area contributed by atoms with Crippen LogP contribution in [0.4, 0.5) is 0 Å². The van der Waals surface area contributed by atoms with Crippen molar-refractivity contribution < 1.29 is 9.47 Å². The quantitative estimate of drug-likeness (QED) is 0.279. The predicted octanol–water partition coefficient (Wildman–Crippen LogP) is 2.99. The van der Waals surface area contributed by atoms with Gasteiger partial charge in [0.15, 0.2) is 5.96 Å². The molecule has 1 heterocycles. The summed E-state index contributed by atoms with van der Waals surface area (Å²) in [5, 5.41) is 3.61. The number of methoxy groups -OCH3 is 1. The third-order valence-corrected chi connectivity index (χ3v) is 5.18. The molecule has 2 fully saturated rings. The zero-order valence-electron chi connectivity index (χ0n) is 15.6. The Hall–Kier alpha value is -0.0800. The van der Waals surface area contributed by atoms with E-state index in [1.165, 1.54) is 32.1 Å². The fourth-order valence-electron chi connectivity index (χ4n) is 3.87. The van der Waals surface area contributed by atoms with Crippen LogP contribution in [0.5, 0.6) is 0 Å². The summed E-state index contributed by atoms with van der Waals surface area (Å²) in [5.74, 6) is 3.38. The molecule has 3 atom stereocenters. The molecule has 1 aliphatic carbocycles. The Bertz CT molecular complexity index is 368. The number of nitrogens with one attached hydrogen (secondary N) is 1. The van der Waals surface area contributed by atoms with Crippen LogP contribution in [-0.2, 0) is 9.47 Å². The van der Waals surface area contributed by atoms with Gasteiger partial charge in [0.25, 0.3) is 0 Å². The van der Waals surface area contributed by atoms with Gasteiger partial charge < -0.3 is 19.7 Å². The van der Waals surface area contributed by atoms with Crippen molar-refractivity contribution in [2.24, 2.45) is 22.7 Å². The number of ether oxygens (including phenoxy) is 2. The number of halogens is 1. The second kappa shape index (κ2) is 12.3. The molecule has 2 rings (SSSR count). The van der Waals surface area contributed by atoms with Crippen molar-refractivity contribution in [1.82, 2.24) is 10.2 Å². The van der Waals surface area contributed by atoms with Crippen LogP contribution in [0, 0.1) is 17.8 Å². The van der Waals surface area contributed by atoms with Crippen LogP contribution < -0.4 is 5.32 Å².